The minimum Gasteiger partial charge on any atom is -0.469 e. The first-order valence-electron chi connectivity index (χ1n) is 8.01. The average molecular weight is 295 g/mol. The van der Waals surface area contributed by atoms with Crippen LogP contribution in [0, 0.1) is 0 Å². The lowest BCUT2D eigenvalue weighted by Gasteiger charge is -2.25. The zero-order valence-corrected chi connectivity index (χ0v) is 12.6. The van der Waals surface area contributed by atoms with Crippen molar-refractivity contribution in [1.29, 1.82) is 0 Å². The predicted octanol–water partition coefficient (Wildman–Crippen LogP) is 3.05. The molecule has 0 spiro atoms. The Balaban J connectivity index is 1.77. The molecule has 0 aromatic carbocycles. The van der Waals surface area contributed by atoms with Crippen LogP contribution >= 0.6 is 0 Å². The van der Waals surface area contributed by atoms with Crippen molar-refractivity contribution in [2.75, 3.05) is 19.8 Å². The number of rotatable bonds is 7. The number of hydrogen-bond acceptors (Lipinski definition) is 2. The second kappa shape index (κ2) is 9.42. The first-order chi connectivity index (χ1) is 10.4. The Morgan fingerprint density at radius 2 is 2.19 bits per heavy atom. The molecular formula is C16H26FN3O. The van der Waals surface area contributed by atoms with E-state index in [1.165, 1.54) is 32.1 Å². The Kier molecular flexibility index (Phi) is 7.12. The van der Waals surface area contributed by atoms with Gasteiger partial charge in [-0.25, -0.2) is 0 Å². The molecule has 118 valence electrons. The zero-order valence-electron chi connectivity index (χ0n) is 12.6. The van der Waals surface area contributed by atoms with Crippen LogP contribution in [0.3, 0.4) is 0 Å². The van der Waals surface area contributed by atoms with Crippen molar-refractivity contribution < 1.29 is 8.81 Å². The fraction of sp³-hybridized carbons (Fsp3) is 0.688. The normalized spacial score (nSPS) is 16.9. The summed E-state index contributed by atoms with van der Waals surface area (Å²) in [5.74, 6) is 1.77. The molecule has 1 aliphatic carbocycles. The molecule has 0 bridgehead atoms. The first kappa shape index (κ1) is 15.9. The van der Waals surface area contributed by atoms with Crippen molar-refractivity contribution >= 4 is 5.96 Å². The van der Waals surface area contributed by atoms with Crippen molar-refractivity contribution in [1.82, 2.24) is 10.6 Å². The zero-order chi connectivity index (χ0) is 14.8. The molecule has 2 N–H and O–H groups in total. The molecule has 2 rings (SSSR count). The van der Waals surface area contributed by atoms with E-state index in [1.54, 1.807) is 6.26 Å². The first-order valence-corrected chi connectivity index (χ1v) is 8.01. The number of nitrogens with zero attached hydrogens (tertiary/aromatic N) is 1. The van der Waals surface area contributed by atoms with E-state index in [4.69, 9.17) is 4.42 Å². The number of nitrogens with one attached hydrogen (secondary N) is 2. The number of halogens is 1. The van der Waals surface area contributed by atoms with Gasteiger partial charge in [-0.2, -0.15) is 0 Å². The lowest BCUT2D eigenvalue weighted by Crippen LogP contribution is -2.45. The van der Waals surface area contributed by atoms with Gasteiger partial charge < -0.3 is 15.1 Å². The second-order valence-corrected chi connectivity index (χ2v) is 5.51. The second-order valence-electron chi connectivity index (χ2n) is 5.51. The summed E-state index contributed by atoms with van der Waals surface area (Å²) in [6.07, 6.45) is 9.27. The molecule has 1 fully saturated rings. The maximum absolute atomic E-state index is 12.2. The highest BCUT2D eigenvalue weighted by Gasteiger charge is 2.14. The number of guanidine groups is 1. The molecule has 1 heterocycles. The average Bonchev–Trinajstić information content (AvgIpc) is 3.02. The van der Waals surface area contributed by atoms with Gasteiger partial charge in [0, 0.05) is 25.6 Å². The van der Waals surface area contributed by atoms with Crippen molar-refractivity contribution in [2.45, 2.75) is 51.0 Å². The van der Waals surface area contributed by atoms with Gasteiger partial charge in [0.15, 0.2) is 5.96 Å². The van der Waals surface area contributed by atoms with Gasteiger partial charge in [-0.05, 0) is 31.4 Å². The van der Waals surface area contributed by atoms with E-state index in [0.717, 1.165) is 24.7 Å². The Morgan fingerprint density at radius 3 is 2.90 bits per heavy atom. The van der Waals surface area contributed by atoms with Crippen LogP contribution in [0.25, 0.3) is 0 Å². The van der Waals surface area contributed by atoms with Crippen molar-refractivity contribution in [3.05, 3.63) is 24.2 Å². The summed E-state index contributed by atoms with van der Waals surface area (Å²) in [5.41, 5.74) is 0. The monoisotopic (exact) mass is 295 g/mol. The minimum absolute atomic E-state index is 0.313. The predicted molar refractivity (Wildman–Crippen MR) is 83.3 cm³/mol. The number of hydrogen-bond donors (Lipinski definition) is 2. The molecular weight excluding hydrogens is 269 g/mol. The summed E-state index contributed by atoms with van der Waals surface area (Å²) in [6.45, 7) is 0.980. The molecule has 1 aliphatic rings. The van der Waals surface area contributed by atoms with Gasteiger partial charge in [-0.1, -0.05) is 19.3 Å². The van der Waals surface area contributed by atoms with Crippen molar-refractivity contribution in [2.24, 2.45) is 4.99 Å². The maximum atomic E-state index is 12.2. The maximum Gasteiger partial charge on any atom is 0.191 e. The van der Waals surface area contributed by atoms with Gasteiger partial charge in [-0.3, -0.25) is 9.38 Å². The van der Waals surface area contributed by atoms with Gasteiger partial charge >= 0.3 is 0 Å². The summed E-state index contributed by atoms with van der Waals surface area (Å²) in [7, 11) is 0. The fourth-order valence-electron chi connectivity index (χ4n) is 2.60. The third-order valence-electron chi connectivity index (χ3n) is 3.75. The lowest BCUT2D eigenvalue weighted by molar-refractivity contribution is 0.409. The van der Waals surface area contributed by atoms with Gasteiger partial charge in [-0.15, -0.1) is 0 Å². The van der Waals surface area contributed by atoms with E-state index in [2.05, 4.69) is 15.6 Å². The van der Waals surface area contributed by atoms with Crippen LogP contribution in [-0.4, -0.2) is 31.8 Å². The van der Waals surface area contributed by atoms with Crippen LogP contribution < -0.4 is 10.6 Å². The van der Waals surface area contributed by atoms with E-state index in [1.807, 2.05) is 12.1 Å². The summed E-state index contributed by atoms with van der Waals surface area (Å²) in [6, 6.07) is 4.36. The molecule has 0 amide bonds. The Hall–Kier alpha value is -1.52. The molecule has 0 aliphatic heterocycles. The summed E-state index contributed by atoms with van der Waals surface area (Å²) >= 11 is 0. The lowest BCUT2D eigenvalue weighted by atomic mass is 9.96. The van der Waals surface area contributed by atoms with E-state index in [0.29, 0.717) is 19.0 Å². The number of furan rings is 1. The molecule has 1 aromatic heterocycles. The SMILES string of the molecule is FCCCN=C(NCCc1ccco1)NC1CCCCC1. The molecule has 1 saturated carbocycles. The highest BCUT2D eigenvalue weighted by molar-refractivity contribution is 5.80. The smallest absolute Gasteiger partial charge is 0.191 e. The molecule has 0 saturated heterocycles. The Labute approximate surface area is 126 Å². The van der Waals surface area contributed by atoms with Crippen LogP contribution in [0.5, 0.6) is 0 Å². The Morgan fingerprint density at radius 1 is 1.33 bits per heavy atom. The quantitative estimate of drug-likeness (QED) is 0.462. The van der Waals surface area contributed by atoms with Gasteiger partial charge in [0.2, 0.25) is 0 Å². The highest BCUT2D eigenvalue weighted by atomic mass is 19.1. The van der Waals surface area contributed by atoms with Crippen LogP contribution in [0.4, 0.5) is 4.39 Å². The summed E-state index contributed by atoms with van der Waals surface area (Å²) < 4.78 is 17.5. The van der Waals surface area contributed by atoms with Crippen LogP contribution in [-0.2, 0) is 6.42 Å². The van der Waals surface area contributed by atoms with Crippen LogP contribution in [0.2, 0.25) is 0 Å². The molecule has 1 aromatic rings. The van der Waals surface area contributed by atoms with Crippen molar-refractivity contribution in [3.63, 3.8) is 0 Å². The Bertz CT molecular complexity index is 400. The topological polar surface area (TPSA) is 49.6 Å². The van der Waals surface area contributed by atoms with E-state index >= 15 is 0 Å². The minimum atomic E-state index is -0.313. The van der Waals surface area contributed by atoms with E-state index in [-0.39, 0.29) is 6.67 Å². The molecule has 0 radical (unpaired) electrons. The van der Waals surface area contributed by atoms with E-state index in [9.17, 15) is 4.39 Å². The molecule has 5 heteroatoms. The summed E-state index contributed by atoms with van der Waals surface area (Å²) in [5, 5.41) is 6.80. The van der Waals surface area contributed by atoms with Crippen LogP contribution in [0.15, 0.2) is 27.8 Å². The summed E-state index contributed by atoms with van der Waals surface area (Å²) in [4.78, 5) is 4.45. The molecule has 21 heavy (non-hydrogen) atoms. The third kappa shape index (κ3) is 6.19. The van der Waals surface area contributed by atoms with Gasteiger partial charge in [0.1, 0.15) is 5.76 Å². The van der Waals surface area contributed by atoms with Gasteiger partial charge in [0.25, 0.3) is 0 Å². The number of aliphatic imine (C=N–C) groups is 1. The van der Waals surface area contributed by atoms with Crippen molar-refractivity contribution in [3.8, 4) is 0 Å². The molecule has 0 unspecified atom stereocenters. The largest absolute Gasteiger partial charge is 0.469 e. The standard InChI is InChI=1S/C16H26FN3O/c17-10-5-11-18-16(20-14-6-2-1-3-7-14)19-12-9-15-8-4-13-21-15/h4,8,13-14H,1-3,5-7,9-12H2,(H2,18,19,20). The third-order valence-corrected chi connectivity index (χ3v) is 3.75. The highest BCUT2D eigenvalue weighted by Crippen LogP contribution is 2.17. The molecule has 0 atom stereocenters. The van der Waals surface area contributed by atoms with E-state index < -0.39 is 0 Å². The fourth-order valence-corrected chi connectivity index (χ4v) is 2.60. The van der Waals surface area contributed by atoms with Gasteiger partial charge in [0.05, 0.1) is 12.9 Å². The molecule has 4 nitrogen and oxygen atoms in total. The number of alkyl halides is 1. The van der Waals surface area contributed by atoms with Crippen LogP contribution in [0.1, 0.15) is 44.3 Å².